The third-order valence-electron chi connectivity index (χ3n) is 2.63. The minimum Gasteiger partial charge on any atom is -0.356 e. The normalized spacial score (nSPS) is 24.1. The fourth-order valence-corrected chi connectivity index (χ4v) is 1.46. The lowest BCUT2D eigenvalue weighted by molar-refractivity contribution is -0.120. The second kappa shape index (κ2) is 4.09. The molecule has 0 saturated heterocycles. The summed E-state index contributed by atoms with van der Waals surface area (Å²) in [5.74, 6) is 0.147. The highest BCUT2D eigenvalue weighted by Gasteiger charge is 2.44. The Hall–Kier alpha value is -0.570. The Morgan fingerprint density at radius 2 is 2.15 bits per heavy atom. The molecule has 0 aromatic rings. The van der Waals surface area contributed by atoms with Gasteiger partial charge in [-0.2, -0.15) is 0 Å². The zero-order valence-corrected chi connectivity index (χ0v) is 8.81. The van der Waals surface area contributed by atoms with E-state index in [2.05, 4.69) is 24.5 Å². The van der Waals surface area contributed by atoms with Gasteiger partial charge in [0.2, 0.25) is 5.91 Å². The molecule has 0 heterocycles. The van der Waals surface area contributed by atoms with E-state index in [1.54, 1.807) is 0 Å². The van der Waals surface area contributed by atoms with Crippen LogP contribution >= 0.6 is 0 Å². The van der Waals surface area contributed by atoms with Gasteiger partial charge < -0.3 is 10.6 Å². The van der Waals surface area contributed by atoms with Gasteiger partial charge in [0, 0.05) is 25.6 Å². The quantitative estimate of drug-likeness (QED) is 0.666. The van der Waals surface area contributed by atoms with Crippen molar-refractivity contribution in [2.75, 3.05) is 13.1 Å². The van der Waals surface area contributed by atoms with Gasteiger partial charge in [-0.3, -0.25) is 4.79 Å². The van der Waals surface area contributed by atoms with E-state index in [9.17, 15) is 4.79 Å². The lowest BCUT2D eigenvalue weighted by atomic mass is 10.2. The van der Waals surface area contributed by atoms with Crippen molar-refractivity contribution >= 4 is 5.91 Å². The van der Waals surface area contributed by atoms with Crippen LogP contribution in [0.2, 0.25) is 0 Å². The zero-order chi connectivity index (χ0) is 9.90. The van der Waals surface area contributed by atoms with Crippen LogP contribution in [0.1, 0.15) is 33.6 Å². The summed E-state index contributed by atoms with van der Waals surface area (Å²) < 4.78 is 0. The Balaban J connectivity index is 1.99. The van der Waals surface area contributed by atoms with Crippen molar-refractivity contribution in [1.82, 2.24) is 10.6 Å². The van der Waals surface area contributed by atoms with Gasteiger partial charge in [-0.1, -0.05) is 13.8 Å². The van der Waals surface area contributed by atoms with E-state index in [1.807, 2.05) is 6.92 Å². The topological polar surface area (TPSA) is 41.1 Å². The van der Waals surface area contributed by atoms with Crippen LogP contribution in [-0.2, 0) is 4.79 Å². The first-order chi connectivity index (χ1) is 6.06. The van der Waals surface area contributed by atoms with Crippen LogP contribution in [0.15, 0.2) is 0 Å². The summed E-state index contributed by atoms with van der Waals surface area (Å²) in [5, 5.41) is 6.16. The van der Waals surface area contributed by atoms with Crippen molar-refractivity contribution in [3.8, 4) is 0 Å². The molecule has 1 aliphatic carbocycles. The molecular weight excluding hydrogens is 164 g/mol. The molecule has 0 radical (unpaired) electrons. The molecule has 0 spiro atoms. The summed E-state index contributed by atoms with van der Waals surface area (Å²) >= 11 is 0. The predicted molar refractivity (Wildman–Crippen MR) is 53.5 cm³/mol. The molecule has 1 fully saturated rings. The van der Waals surface area contributed by atoms with E-state index >= 15 is 0 Å². The first kappa shape index (κ1) is 10.5. The summed E-state index contributed by atoms with van der Waals surface area (Å²) in [6, 6.07) is 0.627. The van der Waals surface area contributed by atoms with Crippen LogP contribution in [0.3, 0.4) is 0 Å². The molecule has 3 nitrogen and oxygen atoms in total. The smallest absolute Gasteiger partial charge is 0.221 e. The van der Waals surface area contributed by atoms with E-state index in [4.69, 9.17) is 0 Å². The van der Waals surface area contributed by atoms with Gasteiger partial charge >= 0.3 is 0 Å². The molecule has 13 heavy (non-hydrogen) atoms. The summed E-state index contributed by atoms with van der Waals surface area (Å²) in [5.41, 5.74) is 0.460. The number of carbonyl (C=O) groups is 1. The molecule has 1 rings (SSSR count). The number of rotatable bonds is 5. The molecule has 3 heteroatoms. The summed E-state index contributed by atoms with van der Waals surface area (Å²) in [6.45, 7) is 7.97. The molecule has 1 amide bonds. The van der Waals surface area contributed by atoms with Crippen molar-refractivity contribution in [1.29, 1.82) is 0 Å². The maximum atomic E-state index is 11.1. The van der Waals surface area contributed by atoms with Gasteiger partial charge in [-0.05, 0) is 18.8 Å². The van der Waals surface area contributed by atoms with Gasteiger partial charge in [-0.25, -0.2) is 0 Å². The molecule has 1 saturated carbocycles. The highest BCUT2D eigenvalue weighted by Crippen LogP contribution is 2.44. The Bertz CT molecular complexity index is 189. The molecule has 2 N–H and O–H groups in total. The minimum atomic E-state index is 0.147. The lowest BCUT2D eigenvalue weighted by Gasteiger charge is -2.06. The molecule has 0 bridgehead atoms. The summed E-state index contributed by atoms with van der Waals surface area (Å²) in [4.78, 5) is 11.1. The fourth-order valence-electron chi connectivity index (χ4n) is 1.46. The Labute approximate surface area is 80.3 Å². The lowest BCUT2D eigenvalue weighted by Crippen LogP contribution is -2.29. The minimum absolute atomic E-state index is 0.147. The maximum absolute atomic E-state index is 11.1. The van der Waals surface area contributed by atoms with E-state index in [1.165, 1.54) is 6.42 Å². The maximum Gasteiger partial charge on any atom is 0.221 e. The second-order valence-corrected chi connectivity index (χ2v) is 4.40. The standard InChI is InChI=1S/C10H20N2O/c1-4-11-9(13)5-6-12-8-7-10(8,2)3/h8,12H,4-7H2,1-3H3,(H,11,13). The fraction of sp³-hybridized carbons (Fsp3) is 0.900. The van der Waals surface area contributed by atoms with Crippen molar-refractivity contribution in [2.24, 2.45) is 5.41 Å². The van der Waals surface area contributed by atoms with Crippen LogP contribution in [0.4, 0.5) is 0 Å². The third-order valence-corrected chi connectivity index (χ3v) is 2.63. The molecule has 76 valence electrons. The molecule has 1 atom stereocenters. The summed E-state index contributed by atoms with van der Waals surface area (Å²) in [6.07, 6.45) is 1.84. The average Bonchev–Trinajstić information content (AvgIpc) is 2.59. The van der Waals surface area contributed by atoms with Crippen LogP contribution < -0.4 is 10.6 Å². The largest absolute Gasteiger partial charge is 0.356 e. The molecule has 1 unspecified atom stereocenters. The average molecular weight is 184 g/mol. The van der Waals surface area contributed by atoms with E-state index in [-0.39, 0.29) is 5.91 Å². The number of amides is 1. The third kappa shape index (κ3) is 3.35. The van der Waals surface area contributed by atoms with E-state index < -0.39 is 0 Å². The molecular formula is C10H20N2O. The van der Waals surface area contributed by atoms with Gasteiger partial charge in [-0.15, -0.1) is 0 Å². The van der Waals surface area contributed by atoms with E-state index in [0.29, 0.717) is 17.9 Å². The Morgan fingerprint density at radius 3 is 2.62 bits per heavy atom. The summed E-state index contributed by atoms with van der Waals surface area (Å²) in [7, 11) is 0. The first-order valence-electron chi connectivity index (χ1n) is 5.06. The molecule has 1 aliphatic rings. The van der Waals surface area contributed by atoms with Gasteiger partial charge in [0.1, 0.15) is 0 Å². The van der Waals surface area contributed by atoms with Crippen molar-refractivity contribution in [2.45, 2.75) is 39.7 Å². The van der Waals surface area contributed by atoms with Crippen molar-refractivity contribution < 1.29 is 4.79 Å². The number of carbonyl (C=O) groups excluding carboxylic acids is 1. The molecule has 0 aliphatic heterocycles. The zero-order valence-electron chi connectivity index (χ0n) is 8.81. The van der Waals surface area contributed by atoms with Gasteiger partial charge in [0.25, 0.3) is 0 Å². The molecule has 0 aromatic heterocycles. The first-order valence-corrected chi connectivity index (χ1v) is 5.06. The second-order valence-electron chi connectivity index (χ2n) is 4.40. The highest BCUT2D eigenvalue weighted by atomic mass is 16.1. The number of nitrogens with one attached hydrogen (secondary N) is 2. The Morgan fingerprint density at radius 1 is 1.54 bits per heavy atom. The van der Waals surface area contributed by atoms with Crippen molar-refractivity contribution in [3.63, 3.8) is 0 Å². The Kier molecular flexibility index (Phi) is 3.31. The SMILES string of the molecule is CCNC(=O)CCNC1CC1(C)C. The van der Waals surface area contributed by atoms with Crippen LogP contribution in [0, 0.1) is 5.41 Å². The number of hydrogen-bond acceptors (Lipinski definition) is 2. The van der Waals surface area contributed by atoms with Crippen molar-refractivity contribution in [3.05, 3.63) is 0 Å². The van der Waals surface area contributed by atoms with Crippen LogP contribution in [0.25, 0.3) is 0 Å². The van der Waals surface area contributed by atoms with E-state index in [0.717, 1.165) is 13.1 Å². The van der Waals surface area contributed by atoms with Crippen LogP contribution in [0.5, 0.6) is 0 Å². The molecule has 0 aromatic carbocycles. The predicted octanol–water partition coefficient (Wildman–Crippen LogP) is 0.901. The van der Waals surface area contributed by atoms with Crippen LogP contribution in [-0.4, -0.2) is 25.0 Å². The number of hydrogen-bond donors (Lipinski definition) is 2. The van der Waals surface area contributed by atoms with Gasteiger partial charge in [0.05, 0.1) is 0 Å². The highest BCUT2D eigenvalue weighted by molar-refractivity contribution is 5.75. The monoisotopic (exact) mass is 184 g/mol. The van der Waals surface area contributed by atoms with Gasteiger partial charge in [0.15, 0.2) is 0 Å².